The van der Waals surface area contributed by atoms with Gasteiger partial charge >= 0.3 is 0 Å². The molecule has 0 aromatic rings. The quantitative estimate of drug-likeness (QED) is 0.707. The molecule has 0 heterocycles. The summed E-state index contributed by atoms with van der Waals surface area (Å²) >= 11 is 13.2. The Bertz CT molecular complexity index is 283. The molecule has 0 aromatic heterocycles. The molecule has 18 heavy (non-hydrogen) atoms. The molecule has 6 atom stereocenters. The van der Waals surface area contributed by atoms with Crippen LogP contribution in [0.15, 0.2) is 0 Å². The van der Waals surface area contributed by atoms with Gasteiger partial charge in [-0.2, -0.15) is 48.8 Å². The van der Waals surface area contributed by atoms with E-state index in [0.717, 1.165) is 45.7 Å². The van der Waals surface area contributed by atoms with E-state index in [1.807, 2.05) is 0 Å². The Kier molecular flexibility index (Phi) is 5.14. The average molecular weight is 321 g/mol. The monoisotopic (exact) mass is 320 g/mol. The lowest BCUT2D eigenvalue weighted by molar-refractivity contribution is 0.270. The number of hydrogen-bond acceptors (Lipinski definition) is 4. The van der Waals surface area contributed by atoms with Crippen LogP contribution in [0.25, 0.3) is 0 Å². The molecule has 0 N–H and O–H groups in total. The number of thioether (sulfide) groups is 2. The minimum Gasteiger partial charge on any atom is -0.179 e. The van der Waals surface area contributed by atoms with E-state index in [1.54, 1.807) is 6.42 Å². The third-order valence-electron chi connectivity index (χ3n) is 5.24. The fourth-order valence-corrected chi connectivity index (χ4v) is 8.08. The summed E-state index contributed by atoms with van der Waals surface area (Å²) in [6, 6.07) is 0. The number of thiol groups is 2. The Morgan fingerprint density at radius 1 is 0.833 bits per heavy atom. The molecule has 0 spiro atoms. The van der Waals surface area contributed by atoms with Crippen molar-refractivity contribution in [2.45, 2.75) is 36.2 Å². The van der Waals surface area contributed by atoms with Crippen LogP contribution in [0.2, 0.25) is 0 Å². The third-order valence-corrected chi connectivity index (χ3v) is 9.12. The van der Waals surface area contributed by atoms with Crippen LogP contribution in [0.4, 0.5) is 0 Å². The first-order valence-electron chi connectivity index (χ1n) is 7.30. The minimum atomic E-state index is 0.969. The van der Waals surface area contributed by atoms with Gasteiger partial charge < -0.3 is 0 Å². The van der Waals surface area contributed by atoms with E-state index in [0.29, 0.717) is 0 Å². The van der Waals surface area contributed by atoms with Crippen LogP contribution < -0.4 is 0 Å². The minimum absolute atomic E-state index is 0.969. The van der Waals surface area contributed by atoms with Crippen molar-refractivity contribution >= 4 is 48.8 Å². The SMILES string of the molecule is SCCSC1CC2CC1C1C(SCCS)CCC21. The van der Waals surface area contributed by atoms with Crippen molar-refractivity contribution in [2.75, 3.05) is 23.0 Å². The summed E-state index contributed by atoms with van der Waals surface area (Å²) < 4.78 is 0. The van der Waals surface area contributed by atoms with Crippen LogP contribution in [0, 0.1) is 23.7 Å². The summed E-state index contributed by atoms with van der Waals surface area (Å²) in [6.07, 6.45) is 6.09. The van der Waals surface area contributed by atoms with Crippen molar-refractivity contribution in [3.8, 4) is 0 Å². The molecular formula is C14H24S4. The van der Waals surface area contributed by atoms with Crippen LogP contribution in [-0.4, -0.2) is 33.5 Å². The zero-order valence-corrected chi connectivity index (χ0v) is 14.3. The van der Waals surface area contributed by atoms with E-state index in [-0.39, 0.29) is 0 Å². The van der Waals surface area contributed by atoms with Crippen LogP contribution >= 0.6 is 48.8 Å². The highest BCUT2D eigenvalue weighted by atomic mass is 32.2. The standard InChI is InChI=1S/C14H24S4/c15-3-5-17-12-2-1-10-9-7-11(14(10)12)13(8-9)18-6-4-16/h9-16H,1-8H2. The lowest BCUT2D eigenvalue weighted by Gasteiger charge is -2.34. The second-order valence-electron chi connectivity index (χ2n) is 5.98. The van der Waals surface area contributed by atoms with E-state index in [2.05, 4.69) is 48.8 Å². The van der Waals surface area contributed by atoms with Crippen molar-refractivity contribution in [2.24, 2.45) is 23.7 Å². The molecular weight excluding hydrogens is 296 g/mol. The van der Waals surface area contributed by atoms with E-state index in [9.17, 15) is 0 Å². The van der Waals surface area contributed by atoms with Gasteiger partial charge in [-0.3, -0.25) is 0 Å². The van der Waals surface area contributed by atoms with Gasteiger partial charge in [0.05, 0.1) is 0 Å². The van der Waals surface area contributed by atoms with E-state index >= 15 is 0 Å². The maximum atomic E-state index is 4.37. The summed E-state index contributed by atoms with van der Waals surface area (Å²) in [4.78, 5) is 0. The van der Waals surface area contributed by atoms with Gasteiger partial charge in [-0.05, 0) is 60.9 Å². The van der Waals surface area contributed by atoms with Crippen molar-refractivity contribution in [1.29, 1.82) is 0 Å². The molecule has 3 fully saturated rings. The lowest BCUT2D eigenvalue weighted by Crippen LogP contribution is -2.31. The molecule has 0 aliphatic heterocycles. The average Bonchev–Trinajstić information content (AvgIpc) is 3.05. The summed E-state index contributed by atoms with van der Waals surface area (Å²) in [7, 11) is 0. The molecule has 6 unspecified atom stereocenters. The molecule has 3 saturated carbocycles. The molecule has 2 bridgehead atoms. The largest absolute Gasteiger partial charge is 0.179 e. The van der Waals surface area contributed by atoms with Gasteiger partial charge in [-0.1, -0.05) is 0 Å². The highest BCUT2D eigenvalue weighted by Gasteiger charge is 2.57. The Morgan fingerprint density at radius 3 is 2.28 bits per heavy atom. The molecule has 0 saturated heterocycles. The van der Waals surface area contributed by atoms with Crippen LogP contribution in [0.1, 0.15) is 25.7 Å². The first kappa shape index (κ1) is 14.3. The topological polar surface area (TPSA) is 0 Å². The van der Waals surface area contributed by atoms with E-state index in [4.69, 9.17) is 0 Å². The second kappa shape index (κ2) is 6.44. The normalized spacial score (nSPS) is 45.7. The predicted octanol–water partition coefficient (Wildman–Crippen LogP) is 4.12. The summed E-state index contributed by atoms with van der Waals surface area (Å²) in [5, 5.41) is 1.94. The molecule has 3 aliphatic carbocycles. The molecule has 4 heteroatoms. The van der Waals surface area contributed by atoms with E-state index in [1.165, 1.54) is 30.8 Å². The van der Waals surface area contributed by atoms with Crippen molar-refractivity contribution in [1.82, 2.24) is 0 Å². The zero-order chi connectivity index (χ0) is 12.5. The van der Waals surface area contributed by atoms with Gasteiger partial charge in [0.2, 0.25) is 0 Å². The van der Waals surface area contributed by atoms with Gasteiger partial charge in [0.1, 0.15) is 0 Å². The molecule has 3 aliphatic rings. The predicted molar refractivity (Wildman–Crippen MR) is 92.6 cm³/mol. The van der Waals surface area contributed by atoms with Crippen LogP contribution in [0.3, 0.4) is 0 Å². The number of rotatable bonds is 6. The maximum absolute atomic E-state index is 4.37. The Hall–Kier alpha value is 1.40. The fourth-order valence-electron chi connectivity index (χ4n) is 4.78. The first-order chi connectivity index (χ1) is 8.85. The Labute approximate surface area is 131 Å². The summed E-state index contributed by atoms with van der Waals surface area (Å²) in [5.41, 5.74) is 0. The van der Waals surface area contributed by atoms with Crippen molar-refractivity contribution in [3.63, 3.8) is 0 Å². The maximum Gasteiger partial charge on any atom is 0.00816 e. The third kappa shape index (κ3) is 2.60. The van der Waals surface area contributed by atoms with Crippen LogP contribution in [-0.2, 0) is 0 Å². The highest BCUT2D eigenvalue weighted by molar-refractivity contribution is 8.01. The van der Waals surface area contributed by atoms with Gasteiger partial charge in [0.15, 0.2) is 0 Å². The fraction of sp³-hybridized carbons (Fsp3) is 1.00. The molecule has 0 amide bonds. The van der Waals surface area contributed by atoms with Gasteiger partial charge in [-0.15, -0.1) is 0 Å². The first-order valence-corrected chi connectivity index (χ1v) is 10.7. The Morgan fingerprint density at radius 2 is 1.56 bits per heavy atom. The molecule has 0 radical (unpaired) electrons. The van der Waals surface area contributed by atoms with Gasteiger partial charge in [0, 0.05) is 22.0 Å². The van der Waals surface area contributed by atoms with Crippen molar-refractivity contribution < 1.29 is 0 Å². The number of hydrogen-bond donors (Lipinski definition) is 2. The smallest absolute Gasteiger partial charge is 0.00816 e. The zero-order valence-electron chi connectivity index (χ0n) is 10.8. The van der Waals surface area contributed by atoms with Gasteiger partial charge in [-0.25, -0.2) is 0 Å². The Balaban J connectivity index is 1.62. The lowest BCUT2D eigenvalue weighted by atomic mass is 9.81. The summed E-state index contributed by atoms with van der Waals surface area (Å²) in [6.45, 7) is 0. The summed E-state index contributed by atoms with van der Waals surface area (Å²) in [5.74, 6) is 8.89. The molecule has 0 aromatic carbocycles. The van der Waals surface area contributed by atoms with E-state index < -0.39 is 0 Å². The highest BCUT2D eigenvalue weighted by Crippen LogP contribution is 2.63. The van der Waals surface area contributed by atoms with Crippen LogP contribution in [0.5, 0.6) is 0 Å². The number of fused-ring (bicyclic) bond motifs is 5. The van der Waals surface area contributed by atoms with Gasteiger partial charge in [0.25, 0.3) is 0 Å². The second-order valence-corrected chi connectivity index (χ2v) is 9.57. The molecule has 3 rings (SSSR count). The van der Waals surface area contributed by atoms with Crippen molar-refractivity contribution in [3.05, 3.63) is 0 Å². The molecule has 104 valence electrons. The molecule has 0 nitrogen and oxygen atoms in total.